The molecule has 8 heteroatoms. The zero-order valence-electron chi connectivity index (χ0n) is 17.3. The molecule has 0 aliphatic heterocycles. The van der Waals surface area contributed by atoms with Crippen molar-refractivity contribution in [3.63, 3.8) is 0 Å². The molecule has 2 amide bonds. The van der Waals surface area contributed by atoms with Gasteiger partial charge in [0, 0.05) is 5.69 Å². The van der Waals surface area contributed by atoms with Crippen LogP contribution in [0.5, 0.6) is 5.75 Å². The van der Waals surface area contributed by atoms with Crippen molar-refractivity contribution in [3.05, 3.63) is 59.9 Å². The summed E-state index contributed by atoms with van der Waals surface area (Å²) in [5, 5.41) is 5.18. The topological polar surface area (TPSA) is 93.7 Å². The number of anilines is 1. The van der Waals surface area contributed by atoms with Gasteiger partial charge in [0.2, 0.25) is 0 Å². The minimum atomic E-state index is -1.12. The van der Waals surface area contributed by atoms with E-state index < -0.39 is 35.7 Å². The van der Waals surface area contributed by atoms with Crippen LogP contribution in [-0.2, 0) is 14.3 Å². The van der Waals surface area contributed by atoms with E-state index >= 15 is 0 Å². The van der Waals surface area contributed by atoms with Crippen LogP contribution < -0.4 is 15.4 Å². The molecule has 0 saturated heterocycles. The predicted molar refractivity (Wildman–Crippen MR) is 110 cm³/mol. The number of benzene rings is 2. The molecule has 2 rings (SSSR count). The molecule has 0 radical (unpaired) electrons. The third kappa shape index (κ3) is 6.04. The number of hydrogen-bond acceptors (Lipinski definition) is 5. The summed E-state index contributed by atoms with van der Waals surface area (Å²) in [6.07, 6.45) is -1.12. The first-order chi connectivity index (χ1) is 14.2. The Bertz CT molecular complexity index is 899. The smallest absolute Gasteiger partial charge is 0.329 e. The summed E-state index contributed by atoms with van der Waals surface area (Å²) in [6.45, 7) is 4.91. The van der Waals surface area contributed by atoms with Gasteiger partial charge in [0.15, 0.2) is 6.10 Å². The van der Waals surface area contributed by atoms with Crippen LogP contribution in [-0.4, -0.2) is 37.0 Å². The van der Waals surface area contributed by atoms with Gasteiger partial charge in [0.25, 0.3) is 11.8 Å². The highest BCUT2D eigenvalue weighted by Gasteiger charge is 2.30. The maximum absolute atomic E-state index is 13.0. The van der Waals surface area contributed by atoms with Gasteiger partial charge in [-0.25, -0.2) is 9.18 Å². The SMILES string of the molecule is COc1ccccc1C(=O)N[C@H](C(=O)O[C@@H](C)C(=O)Nc1ccc(F)cc1)C(C)C. The van der Waals surface area contributed by atoms with Crippen LogP contribution in [0.3, 0.4) is 0 Å². The van der Waals surface area contributed by atoms with Gasteiger partial charge in [-0.15, -0.1) is 0 Å². The van der Waals surface area contributed by atoms with Gasteiger partial charge in [-0.3, -0.25) is 9.59 Å². The predicted octanol–water partition coefficient (Wildman–Crippen LogP) is 3.16. The molecule has 0 saturated carbocycles. The Balaban J connectivity index is 2.03. The molecule has 160 valence electrons. The zero-order valence-corrected chi connectivity index (χ0v) is 17.3. The van der Waals surface area contributed by atoms with Crippen LogP contribution in [0, 0.1) is 11.7 Å². The number of ether oxygens (including phenoxy) is 2. The highest BCUT2D eigenvalue weighted by atomic mass is 19.1. The highest BCUT2D eigenvalue weighted by Crippen LogP contribution is 2.18. The van der Waals surface area contributed by atoms with E-state index in [1.54, 1.807) is 38.1 Å². The Kier molecular flexibility index (Phi) is 7.91. The largest absolute Gasteiger partial charge is 0.496 e. The highest BCUT2D eigenvalue weighted by molar-refractivity contribution is 6.00. The van der Waals surface area contributed by atoms with E-state index in [2.05, 4.69) is 10.6 Å². The fourth-order valence-electron chi connectivity index (χ4n) is 2.63. The summed E-state index contributed by atoms with van der Waals surface area (Å²) in [7, 11) is 1.45. The van der Waals surface area contributed by atoms with Crippen molar-refractivity contribution in [2.24, 2.45) is 5.92 Å². The van der Waals surface area contributed by atoms with Gasteiger partial charge in [-0.1, -0.05) is 26.0 Å². The van der Waals surface area contributed by atoms with Crippen molar-refractivity contribution < 1.29 is 28.2 Å². The monoisotopic (exact) mass is 416 g/mol. The third-order valence-corrected chi connectivity index (χ3v) is 4.33. The minimum Gasteiger partial charge on any atom is -0.496 e. The summed E-state index contributed by atoms with van der Waals surface area (Å²) < 4.78 is 23.4. The van der Waals surface area contributed by atoms with Crippen LogP contribution in [0.15, 0.2) is 48.5 Å². The van der Waals surface area contributed by atoms with Crippen molar-refractivity contribution in [2.45, 2.75) is 32.9 Å². The van der Waals surface area contributed by atoms with Crippen molar-refractivity contribution in [3.8, 4) is 5.75 Å². The minimum absolute atomic E-state index is 0.278. The van der Waals surface area contributed by atoms with Crippen molar-refractivity contribution in [1.29, 1.82) is 0 Å². The molecule has 2 aromatic rings. The van der Waals surface area contributed by atoms with Gasteiger partial charge in [0.05, 0.1) is 12.7 Å². The maximum atomic E-state index is 13.0. The first-order valence-corrected chi connectivity index (χ1v) is 9.43. The van der Waals surface area contributed by atoms with E-state index in [1.807, 2.05) is 0 Å². The number of amides is 2. The number of para-hydroxylation sites is 1. The van der Waals surface area contributed by atoms with Crippen LogP contribution in [0.1, 0.15) is 31.1 Å². The Labute approximate surface area is 174 Å². The average Bonchev–Trinajstić information content (AvgIpc) is 2.72. The fourth-order valence-corrected chi connectivity index (χ4v) is 2.63. The van der Waals surface area contributed by atoms with E-state index in [0.717, 1.165) is 0 Å². The summed E-state index contributed by atoms with van der Waals surface area (Å²) in [6, 6.07) is 10.9. The number of rotatable bonds is 8. The Morgan fingerprint density at radius 2 is 1.60 bits per heavy atom. The molecule has 0 aromatic heterocycles. The molecule has 30 heavy (non-hydrogen) atoms. The molecule has 2 atom stereocenters. The molecule has 0 bridgehead atoms. The number of carbonyl (C=O) groups is 3. The van der Waals surface area contributed by atoms with Gasteiger partial charge < -0.3 is 20.1 Å². The number of methoxy groups -OCH3 is 1. The van der Waals surface area contributed by atoms with Crippen molar-refractivity contribution in [2.75, 3.05) is 12.4 Å². The van der Waals surface area contributed by atoms with E-state index in [0.29, 0.717) is 11.4 Å². The number of hydrogen-bond donors (Lipinski definition) is 2. The Morgan fingerprint density at radius 1 is 0.967 bits per heavy atom. The first kappa shape index (κ1) is 22.9. The quantitative estimate of drug-likeness (QED) is 0.645. The number of nitrogens with one attached hydrogen (secondary N) is 2. The molecule has 0 heterocycles. The fraction of sp³-hybridized carbons (Fsp3) is 0.318. The third-order valence-electron chi connectivity index (χ3n) is 4.33. The Morgan fingerprint density at radius 3 is 2.20 bits per heavy atom. The lowest BCUT2D eigenvalue weighted by Crippen LogP contribution is -2.47. The normalized spacial score (nSPS) is 12.6. The molecule has 0 aliphatic carbocycles. The molecular weight excluding hydrogens is 391 g/mol. The van der Waals surface area contributed by atoms with Gasteiger partial charge in [-0.05, 0) is 49.2 Å². The lowest BCUT2D eigenvalue weighted by molar-refractivity contribution is -0.156. The second-order valence-electron chi connectivity index (χ2n) is 6.97. The molecule has 2 N–H and O–H groups in total. The zero-order chi connectivity index (χ0) is 22.3. The van der Waals surface area contributed by atoms with Gasteiger partial charge >= 0.3 is 5.97 Å². The number of esters is 1. The number of halogens is 1. The first-order valence-electron chi connectivity index (χ1n) is 9.43. The molecular formula is C22H25FN2O5. The lowest BCUT2D eigenvalue weighted by Gasteiger charge is -2.23. The molecule has 7 nitrogen and oxygen atoms in total. The Hall–Kier alpha value is -3.42. The second-order valence-corrected chi connectivity index (χ2v) is 6.97. The van der Waals surface area contributed by atoms with Crippen LogP contribution in [0.4, 0.5) is 10.1 Å². The van der Waals surface area contributed by atoms with Crippen molar-refractivity contribution >= 4 is 23.5 Å². The average molecular weight is 416 g/mol. The molecule has 0 unspecified atom stereocenters. The van der Waals surface area contributed by atoms with E-state index in [1.165, 1.54) is 38.3 Å². The van der Waals surface area contributed by atoms with E-state index in [-0.39, 0.29) is 11.5 Å². The lowest BCUT2D eigenvalue weighted by atomic mass is 10.0. The maximum Gasteiger partial charge on any atom is 0.329 e. The van der Waals surface area contributed by atoms with Gasteiger partial charge in [0.1, 0.15) is 17.6 Å². The summed E-state index contributed by atoms with van der Waals surface area (Å²) in [4.78, 5) is 37.5. The van der Waals surface area contributed by atoms with Crippen LogP contribution in [0.25, 0.3) is 0 Å². The summed E-state index contributed by atoms with van der Waals surface area (Å²) in [5.41, 5.74) is 0.648. The summed E-state index contributed by atoms with van der Waals surface area (Å²) >= 11 is 0. The van der Waals surface area contributed by atoms with Crippen LogP contribution >= 0.6 is 0 Å². The van der Waals surface area contributed by atoms with Gasteiger partial charge in [-0.2, -0.15) is 0 Å². The van der Waals surface area contributed by atoms with E-state index in [9.17, 15) is 18.8 Å². The van der Waals surface area contributed by atoms with Crippen molar-refractivity contribution in [1.82, 2.24) is 5.32 Å². The number of carbonyl (C=O) groups excluding carboxylic acids is 3. The molecule has 0 aliphatic rings. The second kappa shape index (κ2) is 10.4. The van der Waals surface area contributed by atoms with E-state index in [4.69, 9.17) is 9.47 Å². The standard InChI is InChI=1S/C22H25FN2O5/c1-13(2)19(25-21(27)17-7-5-6-8-18(17)29-4)22(28)30-14(3)20(26)24-16-11-9-15(23)10-12-16/h5-14,19H,1-4H3,(H,24,26)(H,25,27)/t14-,19-/m0/s1. The summed E-state index contributed by atoms with van der Waals surface area (Å²) in [5.74, 6) is -2.16. The molecule has 0 fully saturated rings. The molecule has 0 spiro atoms. The van der Waals surface area contributed by atoms with Crippen LogP contribution in [0.2, 0.25) is 0 Å². The molecule has 2 aromatic carbocycles.